The molecule has 0 aliphatic rings. The van der Waals surface area contributed by atoms with Crippen LogP contribution in [0.15, 0.2) is 36.5 Å². The van der Waals surface area contributed by atoms with Gasteiger partial charge in [0.1, 0.15) is 6.04 Å². The number of nitrogens with two attached hydrogens (primary N) is 1. The Labute approximate surface area is 187 Å². The number of fused-ring (bicyclic) bond motifs is 1. The molecular weight excluding hydrogens is 432 g/mol. The molecule has 1 atom stereocenters. The van der Waals surface area contributed by atoms with Crippen LogP contribution in [0.4, 0.5) is 5.95 Å². The van der Waals surface area contributed by atoms with Gasteiger partial charge in [-0.25, -0.2) is 9.78 Å². The van der Waals surface area contributed by atoms with Gasteiger partial charge in [0.05, 0.1) is 5.39 Å². The van der Waals surface area contributed by atoms with E-state index < -0.39 is 23.9 Å². The summed E-state index contributed by atoms with van der Waals surface area (Å²) in [6.07, 6.45) is 1.03. The molecule has 172 valence electrons. The van der Waals surface area contributed by atoms with Crippen LogP contribution in [-0.4, -0.2) is 54.2 Å². The molecule has 2 heterocycles. The molecule has 0 saturated heterocycles. The lowest BCUT2D eigenvalue weighted by Crippen LogP contribution is -2.41. The molecule has 0 bridgehead atoms. The number of rotatable bonds is 10. The van der Waals surface area contributed by atoms with Gasteiger partial charge in [-0.15, -0.1) is 0 Å². The molecule has 33 heavy (non-hydrogen) atoms. The largest absolute Gasteiger partial charge is 0.493 e. The first kappa shape index (κ1) is 23.3. The Morgan fingerprint density at radius 3 is 2.39 bits per heavy atom. The summed E-state index contributed by atoms with van der Waals surface area (Å²) >= 11 is 0. The van der Waals surface area contributed by atoms with Crippen LogP contribution in [0.2, 0.25) is 0 Å². The summed E-state index contributed by atoms with van der Waals surface area (Å²) in [7, 11) is 0. The van der Waals surface area contributed by atoms with Crippen molar-refractivity contribution in [3.05, 3.63) is 53.2 Å². The Morgan fingerprint density at radius 2 is 1.73 bits per heavy atom. The molecule has 12 heteroatoms. The smallest absolute Gasteiger partial charge is 0.326 e. The molecule has 2 aromatic heterocycles. The summed E-state index contributed by atoms with van der Waals surface area (Å²) < 4.78 is 0. The summed E-state index contributed by atoms with van der Waals surface area (Å²) in [5, 5.41) is 33.7. The third-order valence-electron chi connectivity index (χ3n) is 4.73. The van der Waals surface area contributed by atoms with Crippen LogP contribution in [0.1, 0.15) is 34.3 Å². The zero-order chi connectivity index (χ0) is 24.0. The van der Waals surface area contributed by atoms with Crippen molar-refractivity contribution >= 4 is 34.8 Å². The first-order valence-electron chi connectivity index (χ1n) is 9.89. The maximum atomic E-state index is 12.3. The van der Waals surface area contributed by atoms with E-state index >= 15 is 0 Å². The van der Waals surface area contributed by atoms with E-state index in [0.29, 0.717) is 24.1 Å². The average Bonchev–Trinajstić information content (AvgIpc) is 2.77. The number of carboxylic acid groups (broad SMARTS) is 2. The molecule has 0 aliphatic heterocycles. The number of aromatic nitrogens is 3. The first-order valence-corrected chi connectivity index (χ1v) is 9.89. The molecule has 1 unspecified atom stereocenters. The van der Waals surface area contributed by atoms with Gasteiger partial charge in [0.2, 0.25) is 11.8 Å². The number of anilines is 1. The normalized spacial score (nSPS) is 11.8. The van der Waals surface area contributed by atoms with Gasteiger partial charge in [0.25, 0.3) is 5.91 Å². The van der Waals surface area contributed by atoms with Crippen molar-refractivity contribution in [2.24, 2.45) is 0 Å². The van der Waals surface area contributed by atoms with E-state index in [2.05, 4.69) is 25.6 Å². The summed E-state index contributed by atoms with van der Waals surface area (Å²) in [6, 6.07) is 6.97. The Hall–Kier alpha value is -4.32. The van der Waals surface area contributed by atoms with Crippen molar-refractivity contribution in [2.75, 3.05) is 5.73 Å². The minimum absolute atomic E-state index is 0.0609. The highest BCUT2D eigenvalue weighted by molar-refractivity contribution is 5.96. The maximum Gasteiger partial charge on any atom is 0.326 e. The number of aromatic hydroxyl groups is 1. The molecular formula is C21H22N6O6. The molecule has 1 amide bonds. The SMILES string of the molecule is Nc1nc(O)c2cc(CNCc3ccc(C(=O)NC(CCC(=O)O)C(=O)O)cc3)cnc2n1. The number of nitrogens with one attached hydrogen (secondary N) is 2. The number of pyridine rings is 1. The van der Waals surface area contributed by atoms with Crippen molar-refractivity contribution < 1.29 is 29.7 Å². The van der Waals surface area contributed by atoms with Crippen LogP contribution in [0, 0.1) is 0 Å². The Bertz CT molecular complexity index is 1180. The predicted octanol–water partition coefficient (Wildman–Crippen LogP) is 0.650. The van der Waals surface area contributed by atoms with Gasteiger partial charge in [-0.05, 0) is 35.7 Å². The minimum Gasteiger partial charge on any atom is -0.493 e. The second-order valence-corrected chi connectivity index (χ2v) is 7.22. The number of hydrogen-bond donors (Lipinski definition) is 6. The monoisotopic (exact) mass is 454 g/mol. The molecule has 1 aromatic carbocycles. The average molecular weight is 454 g/mol. The number of nitrogen functional groups attached to an aromatic ring is 1. The van der Waals surface area contributed by atoms with E-state index in [1.165, 1.54) is 0 Å². The number of benzene rings is 1. The van der Waals surface area contributed by atoms with Gasteiger partial charge < -0.3 is 31.7 Å². The van der Waals surface area contributed by atoms with Crippen molar-refractivity contribution in [3.8, 4) is 5.88 Å². The van der Waals surface area contributed by atoms with Crippen molar-refractivity contribution in [3.63, 3.8) is 0 Å². The standard InChI is InChI=1S/C21H22N6O6/c22-21-26-17-14(19(31)27-21)7-12(10-24-17)9-23-8-11-1-3-13(4-2-11)18(30)25-15(20(32)33)5-6-16(28)29/h1-4,7,10,15,23H,5-6,8-9H2,(H,25,30)(H,28,29)(H,32,33)(H3,22,24,26,27,31). The first-order chi connectivity index (χ1) is 15.7. The molecule has 12 nitrogen and oxygen atoms in total. The van der Waals surface area contributed by atoms with Gasteiger partial charge >= 0.3 is 11.9 Å². The molecule has 0 spiro atoms. The molecule has 3 rings (SSSR count). The summed E-state index contributed by atoms with van der Waals surface area (Å²) in [5.41, 5.74) is 7.72. The van der Waals surface area contributed by atoms with Crippen LogP contribution < -0.4 is 16.4 Å². The van der Waals surface area contributed by atoms with E-state index in [0.717, 1.165) is 11.1 Å². The number of amides is 1. The van der Waals surface area contributed by atoms with E-state index in [9.17, 15) is 19.5 Å². The molecule has 3 aromatic rings. The van der Waals surface area contributed by atoms with Gasteiger partial charge in [0, 0.05) is 31.3 Å². The van der Waals surface area contributed by atoms with E-state index in [1.54, 1.807) is 36.5 Å². The van der Waals surface area contributed by atoms with Crippen LogP contribution in [-0.2, 0) is 22.7 Å². The fourth-order valence-electron chi connectivity index (χ4n) is 3.05. The Morgan fingerprint density at radius 1 is 1.03 bits per heavy atom. The van der Waals surface area contributed by atoms with Crippen LogP contribution in [0.5, 0.6) is 5.88 Å². The lowest BCUT2D eigenvalue weighted by molar-refractivity contribution is -0.140. The lowest BCUT2D eigenvalue weighted by Gasteiger charge is -2.14. The van der Waals surface area contributed by atoms with Gasteiger partial charge in [-0.3, -0.25) is 9.59 Å². The second-order valence-electron chi connectivity index (χ2n) is 7.22. The molecule has 0 aliphatic carbocycles. The Kier molecular flexibility index (Phi) is 7.31. The van der Waals surface area contributed by atoms with Crippen molar-refractivity contribution in [1.82, 2.24) is 25.6 Å². The predicted molar refractivity (Wildman–Crippen MR) is 116 cm³/mol. The minimum atomic E-state index is -1.29. The van der Waals surface area contributed by atoms with Crippen molar-refractivity contribution in [2.45, 2.75) is 32.0 Å². The number of hydrogen-bond acceptors (Lipinski definition) is 9. The third-order valence-corrected chi connectivity index (χ3v) is 4.73. The highest BCUT2D eigenvalue weighted by atomic mass is 16.4. The molecule has 0 radical (unpaired) electrons. The highest BCUT2D eigenvalue weighted by Gasteiger charge is 2.21. The quantitative estimate of drug-likeness (QED) is 0.251. The number of carbonyl (C=O) groups is 3. The van der Waals surface area contributed by atoms with E-state index in [-0.39, 0.29) is 30.2 Å². The fraction of sp³-hybridized carbons (Fsp3) is 0.238. The van der Waals surface area contributed by atoms with Crippen molar-refractivity contribution in [1.29, 1.82) is 0 Å². The van der Waals surface area contributed by atoms with Crippen LogP contribution in [0.3, 0.4) is 0 Å². The summed E-state index contributed by atoms with van der Waals surface area (Å²) in [5.74, 6) is -3.33. The highest BCUT2D eigenvalue weighted by Crippen LogP contribution is 2.21. The zero-order valence-electron chi connectivity index (χ0n) is 17.4. The zero-order valence-corrected chi connectivity index (χ0v) is 17.4. The number of nitrogens with zero attached hydrogens (tertiary/aromatic N) is 3. The number of carbonyl (C=O) groups excluding carboxylic acids is 1. The van der Waals surface area contributed by atoms with Crippen LogP contribution in [0.25, 0.3) is 11.0 Å². The van der Waals surface area contributed by atoms with E-state index in [1.807, 2.05) is 0 Å². The Balaban J connectivity index is 1.55. The van der Waals surface area contributed by atoms with E-state index in [4.69, 9.17) is 15.9 Å². The molecule has 0 saturated carbocycles. The van der Waals surface area contributed by atoms with Crippen LogP contribution >= 0.6 is 0 Å². The lowest BCUT2D eigenvalue weighted by atomic mass is 10.1. The molecule has 7 N–H and O–H groups in total. The van der Waals surface area contributed by atoms with Gasteiger partial charge in [-0.1, -0.05) is 12.1 Å². The van der Waals surface area contributed by atoms with Gasteiger partial charge in [-0.2, -0.15) is 9.97 Å². The molecule has 0 fully saturated rings. The summed E-state index contributed by atoms with van der Waals surface area (Å²) in [6.45, 7) is 0.916. The number of aliphatic carboxylic acids is 2. The summed E-state index contributed by atoms with van der Waals surface area (Å²) in [4.78, 5) is 46.0. The number of carboxylic acids is 2. The topological polar surface area (TPSA) is 201 Å². The third kappa shape index (κ3) is 6.33. The van der Waals surface area contributed by atoms with Gasteiger partial charge in [0.15, 0.2) is 5.65 Å². The second kappa shape index (κ2) is 10.3. The maximum absolute atomic E-state index is 12.3. The fourth-order valence-corrected chi connectivity index (χ4v) is 3.05.